The van der Waals surface area contributed by atoms with Gasteiger partial charge in [-0.15, -0.1) is 11.3 Å². The molecule has 1 N–H and O–H groups in total. The first-order chi connectivity index (χ1) is 13.6. The summed E-state index contributed by atoms with van der Waals surface area (Å²) in [5, 5.41) is 5.66. The number of aromatic nitrogens is 2. The fourth-order valence-corrected chi connectivity index (χ4v) is 5.31. The summed E-state index contributed by atoms with van der Waals surface area (Å²) in [5.41, 5.74) is 2.52. The Morgan fingerprint density at radius 3 is 2.79 bits per heavy atom. The molecule has 3 heterocycles. The second-order valence-corrected chi connectivity index (χ2v) is 9.64. The molecule has 0 spiro atoms. The number of nitrogens with one attached hydrogen (secondary N) is 1. The van der Waals surface area contributed by atoms with Crippen LogP contribution < -0.4 is 5.32 Å². The zero-order valence-electron chi connectivity index (χ0n) is 16.7. The number of thioether (sulfide) groups is 1. The molecular weight excluding hydrogens is 386 g/mol. The molecule has 0 fully saturated rings. The van der Waals surface area contributed by atoms with Crippen LogP contribution in [0.25, 0.3) is 10.2 Å². The van der Waals surface area contributed by atoms with E-state index in [0.717, 1.165) is 47.4 Å². The number of benzene rings is 1. The SMILES string of the molecule is CCCSc1nc(NCc2ccccc2)c2c3c(sc2n1)CO[C@@](C)(CC)C3. The Morgan fingerprint density at radius 1 is 1.21 bits per heavy atom. The molecule has 0 saturated heterocycles. The van der Waals surface area contributed by atoms with Gasteiger partial charge in [0.2, 0.25) is 0 Å². The Bertz CT molecular complexity index is 957. The molecule has 1 aliphatic heterocycles. The van der Waals surface area contributed by atoms with Crippen LogP contribution in [0.1, 0.15) is 49.6 Å². The van der Waals surface area contributed by atoms with Gasteiger partial charge in [-0.3, -0.25) is 0 Å². The van der Waals surface area contributed by atoms with Crippen LogP contribution in [-0.4, -0.2) is 21.3 Å². The Kier molecular flexibility index (Phi) is 5.90. The molecule has 4 rings (SSSR count). The van der Waals surface area contributed by atoms with Crippen molar-refractivity contribution < 1.29 is 4.74 Å². The molecule has 4 nitrogen and oxygen atoms in total. The van der Waals surface area contributed by atoms with Crippen LogP contribution in [-0.2, 0) is 24.3 Å². The number of thiophene rings is 1. The normalized spacial score (nSPS) is 19.0. The Balaban J connectivity index is 1.74. The number of nitrogens with zero attached hydrogens (tertiary/aromatic N) is 2. The van der Waals surface area contributed by atoms with Crippen molar-refractivity contribution in [3.8, 4) is 0 Å². The van der Waals surface area contributed by atoms with E-state index >= 15 is 0 Å². The molecule has 0 aliphatic carbocycles. The quantitative estimate of drug-likeness (QED) is 0.377. The smallest absolute Gasteiger partial charge is 0.190 e. The predicted molar refractivity (Wildman–Crippen MR) is 119 cm³/mol. The van der Waals surface area contributed by atoms with Gasteiger partial charge in [-0.05, 0) is 30.9 Å². The van der Waals surface area contributed by atoms with Gasteiger partial charge in [0.25, 0.3) is 0 Å². The lowest BCUT2D eigenvalue weighted by Crippen LogP contribution is -2.33. The van der Waals surface area contributed by atoms with Crippen molar-refractivity contribution >= 4 is 39.1 Å². The third-order valence-corrected chi connectivity index (χ3v) is 7.45. The molecule has 0 radical (unpaired) electrons. The second-order valence-electron chi connectivity index (χ2n) is 7.50. The van der Waals surface area contributed by atoms with Crippen molar-refractivity contribution in [1.82, 2.24) is 9.97 Å². The Morgan fingerprint density at radius 2 is 2.04 bits per heavy atom. The average Bonchev–Trinajstić information content (AvgIpc) is 3.08. The standard InChI is InChI=1S/C22H27N3OS2/c1-4-11-27-21-24-19(23-13-15-9-7-6-8-10-15)18-16-12-22(3,5-2)26-14-17(16)28-20(18)25-21/h6-10H,4-5,11-14H2,1-3H3,(H,23,24,25)/t22-/m0/s1. The van der Waals surface area contributed by atoms with Crippen LogP contribution in [0.5, 0.6) is 0 Å². The van der Waals surface area contributed by atoms with Crippen molar-refractivity contribution in [2.24, 2.45) is 0 Å². The summed E-state index contributed by atoms with van der Waals surface area (Å²) in [5.74, 6) is 2.00. The highest BCUT2D eigenvalue weighted by atomic mass is 32.2. The predicted octanol–water partition coefficient (Wildman–Crippen LogP) is 6.05. The summed E-state index contributed by atoms with van der Waals surface area (Å²) in [4.78, 5) is 12.2. The van der Waals surface area contributed by atoms with Gasteiger partial charge in [-0.2, -0.15) is 0 Å². The zero-order valence-corrected chi connectivity index (χ0v) is 18.4. The van der Waals surface area contributed by atoms with E-state index in [-0.39, 0.29) is 5.60 Å². The fourth-order valence-electron chi connectivity index (χ4n) is 3.45. The third-order valence-electron chi connectivity index (χ3n) is 5.30. The molecule has 28 heavy (non-hydrogen) atoms. The van der Waals surface area contributed by atoms with Crippen LogP contribution in [0, 0.1) is 0 Å². The minimum absolute atomic E-state index is 0.104. The maximum absolute atomic E-state index is 6.17. The molecular formula is C22H27N3OS2. The minimum Gasteiger partial charge on any atom is -0.369 e. The van der Waals surface area contributed by atoms with E-state index in [0.29, 0.717) is 6.61 Å². The number of hydrogen-bond donors (Lipinski definition) is 1. The first kappa shape index (κ1) is 19.7. The van der Waals surface area contributed by atoms with E-state index in [9.17, 15) is 0 Å². The lowest BCUT2D eigenvalue weighted by Gasteiger charge is -2.33. The zero-order chi connectivity index (χ0) is 19.6. The highest BCUT2D eigenvalue weighted by Crippen LogP contribution is 2.42. The summed E-state index contributed by atoms with van der Waals surface area (Å²) >= 11 is 3.50. The third kappa shape index (κ3) is 4.04. The molecule has 6 heteroatoms. The largest absolute Gasteiger partial charge is 0.369 e. The number of anilines is 1. The topological polar surface area (TPSA) is 47.0 Å². The molecule has 3 aromatic rings. The monoisotopic (exact) mass is 413 g/mol. The lowest BCUT2D eigenvalue weighted by molar-refractivity contribution is -0.0542. The first-order valence-corrected chi connectivity index (χ1v) is 11.8. The minimum atomic E-state index is -0.104. The maximum Gasteiger partial charge on any atom is 0.190 e. The highest BCUT2D eigenvalue weighted by molar-refractivity contribution is 7.99. The number of rotatable bonds is 7. The van der Waals surface area contributed by atoms with E-state index in [1.165, 1.54) is 21.4 Å². The fraction of sp³-hybridized carbons (Fsp3) is 0.455. The molecule has 0 saturated carbocycles. The van der Waals surface area contributed by atoms with Gasteiger partial charge in [-0.25, -0.2) is 9.97 Å². The van der Waals surface area contributed by atoms with Crippen LogP contribution >= 0.6 is 23.1 Å². The lowest BCUT2D eigenvalue weighted by atomic mass is 9.90. The molecule has 1 atom stereocenters. The number of hydrogen-bond acceptors (Lipinski definition) is 6. The molecule has 1 aliphatic rings. The summed E-state index contributed by atoms with van der Waals surface area (Å²) in [6, 6.07) is 10.5. The molecule has 1 aromatic carbocycles. The van der Waals surface area contributed by atoms with Crippen LogP contribution in [0.3, 0.4) is 0 Å². The maximum atomic E-state index is 6.17. The number of ether oxygens (including phenoxy) is 1. The molecule has 0 bridgehead atoms. The van der Waals surface area contributed by atoms with Crippen molar-refractivity contribution in [2.75, 3.05) is 11.1 Å². The Hall–Kier alpha value is -1.63. The van der Waals surface area contributed by atoms with E-state index < -0.39 is 0 Å². The molecule has 0 unspecified atom stereocenters. The van der Waals surface area contributed by atoms with Gasteiger partial charge in [-0.1, -0.05) is 55.9 Å². The van der Waals surface area contributed by atoms with Crippen LogP contribution in [0.2, 0.25) is 0 Å². The van der Waals surface area contributed by atoms with Crippen molar-refractivity contribution in [3.63, 3.8) is 0 Å². The van der Waals surface area contributed by atoms with Crippen molar-refractivity contribution in [3.05, 3.63) is 46.3 Å². The number of fused-ring (bicyclic) bond motifs is 3. The average molecular weight is 414 g/mol. The van der Waals surface area contributed by atoms with E-state index in [4.69, 9.17) is 14.7 Å². The van der Waals surface area contributed by atoms with Gasteiger partial charge >= 0.3 is 0 Å². The Labute approximate surface area is 175 Å². The van der Waals surface area contributed by atoms with Gasteiger partial charge < -0.3 is 10.1 Å². The molecule has 0 amide bonds. The van der Waals surface area contributed by atoms with Gasteiger partial charge in [0, 0.05) is 23.6 Å². The summed E-state index contributed by atoms with van der Waals surface area (Å²) in [7, 11) is 0. The molecule has 2 aromatic heterocycles. The van der Waals surface area contributed by atoms with E-state index in [2.05, 4.69) is 50.4 Å². The van der Waals surface area contributed by atoms with Crippen LogP contribution in [0.15, 0.2) is 35.5 Å². The first-order valence-electron chi connectivity index (χ1n) is 9.98. The second kappa shape index (κ2) is 8.39. The summed E-state index contributed by atoms with van der Waals surface area (Å²) < 4.78 is 6.17. The summed E-state index contributed by atoms with van der Waals surface area (Å²) in [6.45, 7) is 8.03. The van der Waals surface area contributed by atoms with Gasteiger partial charge in [0.15, 0.2) is 5.16 Å². The summed E-state index contributed by atoms with van der Waals surface area (Å²) in [6.07, 6.45) is 3.04. The van der Waals surface area contributed by atoms with E-state index in [1.807, 2.05) is 6.07 Å². The highest BCUT2D eigenvalue weighted by Gasteiger charge is 2.33. The van der Waals surface area contributed by atoms with E-state index in [1.54, 1.807) is 23.1 Å². The van der Waals surface area contributed by atoms with Gasteiger partial charge in [0.1, 0.15) is 10.6 Å². The van der Waals surface area contributed by atoms with Gasteiger partial charge in [0.05, 0.1) is 17.6 Å². The van der Waals surface area contributed by atoms with Crippen molar-refractivity contribution in [2.45, 2.75) is 63.9 Å². The molecule has 148 valence electrons. The van der Waals surface area contributed by atoms with Crippen molar-refractivity contribution in [1.29, 1.82) is 0 Å². The van der Waals surface area contributed by atoms with Crippen LogP contribution in [0.4, 0.5) is 5.82 Å².